The fourth-order valence-electron chi connectivity index (χ4n) is 3.75. The number of amides is 4. The van der Waals surface area contributed by atoms with E-state index in [-0.39, 0.29) is 44.4 Å². The van der Waals surface area contributed by atoms with Crippen LogP contribution in [0.2, 0.25) is 0 Å². The predicted octanol–water partition coefficient (Wildman–Crippen LogP) is 3.13. The Balaban J connectivity index is 1.48. The van der Waals surface area contributed by atoms with Crippen LogP contribution in [0.15, 0.2) is 48.5 Å². The van der Waals surface area contributed by atoms with E-state index in [0.717, 1.165) is 11.1 Å². The first kappa shape index (κ1) is 26.9. The Bertz CT molecular complexity index is 1050. The van der Waals surface area contributed by atoms with Crippen molar-refractivity contribution in [1.82, 2.24) is 15.1 Å². The van der Waals surface area contributed by atoms with E-state index in [9.17, 15) is 23.9 Å². The summed E-state index contributed by atoms with van der Waals surface area (Å²) < 4.78 is 18.4. The minimum atomic E-state index is -0.645. The van der Waals surface area contributed by atoms with E-state index >= 15 is 0 Å². The highest BCUT2D eigenvalue weighted by Crippen LogP contribution is 2.17. The molecule has 0 aromatic heterocycles. The van der Waals surface area contributed by atoms with Crippen molar-refractivity contribution < 1.29 is 28.6 Å². The van der Waals surface area contributed by atoms with Crippen LogP contribution >= 0.6 is 0 Å². The summed E-state index contributed by atoms with van der Waals surface area (Å²) >= 11 is 0. The van der Waals surface area contributed by atoms with Gasteiger partial charge >= 0.3 is 12.1 Å². The fraction of sp³-hybridized carbons (Fsp3) is 0.423. The Morgan fingerprint density at radius 1 is 1.03 bits per heavy atom. The maximum absolute atomic E-state index is 13.0. The van der Waals surface area contributed by atoms with Gasteiger partial charge in [-0.15, -0.1) is 0 Å². The molecule has 0 saturated carbocycles. The zero-order valence-electron chi connectivity index (χ0n) is 20.8. The lowest BCUT2D eigenvalue weighted by molar-refractivity contribution is -0.134. The van der Waals surface area contributed by atoms with Crippen molar-refractivity contribution in [3.05, 3.63) is 65.5 Å². The van der Waals surface area contributed by atoms with E-state index < -0.39 is 23.8 Å². The van der Waals surface area contributed by atoms with Gasteiger partial charge in [0.25, 0.3) is 0 Å². The highest BCUT2D eigenvalue weighted by atomic mass is 19.1. The Hall–Kier alpha value is -3.66. The molecular formula is C26H33FN4O5. The smallest absolute Gasteiger partial charge is 0.410 e. The average Bonchev–Trinajstić information content (AvgIpc) is 2.83. The Kier molecular flexibility index (Phi) is 8.87. The second-order valence-corrected chi connectivity index (χ2v) is 9.66. The van der Waals surface area contributed by atoms with Crippen LogP contribution in [0.25, 0.3) is 0 Å². The summed E-state index contributed by atoms with van der Waals surface area (Å²) in [7, 11) is 0. The molecule has 2 aromatic carbocycles. The first-order valence-corrected chi connectivity index (χ1v) is 11.8. The third-order valence-electron chi connectivity index (χ3n) is 5.61. The van der Waals surface area contributed by atoms with Gasteiger partial charge in [-0.3, -0.25) is 9.69 Å². The van der Waals surface area contributed by atoms with Crippen LogP contribution in [-0.2, 0) is 22.5 Å². The molecule has 36 heavy (non-hydrogen) atoms. The fourth-order valence-corrected chi connectivity index (χ4v) is 3.75. The molecule has 1 fully saturated rings. The van der Waals surface area contributed by atoms with Gasteiger partial charge in [-0.05, 0) is 56.2 Å². The Labute approximate surface area is 210 Å². The quantitative estimate of drug-likeness (QED) is 0.564. The summed E-state index contributed by atoms with van der Waals surface area (Å²) in [5.41, 5.74) is 1.46. The van der Waals surface area contributed by atoms with E-state index in [2.05, 4.69) is 10.6 Å². The van der Waals surface area contributed by atoms with E-state index in [0.29, 0.717) is 12.2 Å². The molecule has 1 saturated heterocycles. The normalized spacial score (nSPS) is 15.9. The van der Waals surface area contributed by atoms with Crippen LogP contribution in [-0.4, -0.2) is 70.8 Å². The zero-order chi connectivity index (χ0) is 26.3. The number of urea groups is 1. The lowest BCUT2D eigenvalue weighted by Crippen LogP contribution is -2.58. The van der Waals surface area contributed by atoms with Gasteiger partial charge in [-0.25, -0.2) is 14.0 Å². The number of ether oxygens (including phenoxy) is 1. The number of nitrogens with zero attached hydrogens (tertiary/aromatic N) is 2. The van der Waals surface area contributed by atoms with Gasteiger partial charge in [0.15, 0.2) is 0 Å². The number of rotatable bonds is 6. The number of carbonyl (C=O) groups is 3. The van der Waals surface area contributed by atoms with Crippen molar-refractivity contribution in [3.8, 4) is 0 Å². The summed E-state index contributed by atoms with van der Waals surface area (Å²) in [6.07, 6.45) is -0.347. The molecule has 0 radical (unpaired) electrons. The molecule has 0 bridgehead atoms. The SMILES string of the molecule is CC(C)(C)OC(=O)N1CCN(C(=O)Cc2ccc(NC(=O)NCc3ccc(F)cc3)cc2)C[C@@H]1CO. The van der Waals surface area contributed by atoms with E-state index in [1.807, 2.05) is 0 Å². The second-order valence-electron chi connectivity index (χ2n) is 9.66. The van der Waals surface area contributed by atoms with Crippen molar-refractivity contribution in [2.45, 2.75) is 45.4 Å². The molecule has 1 aliphatic rings. The molecule has 2 aromatic rings. The summed E-state index contributed by atoms with van der Waals surface area (Å²) in [6, 6.07) is 11.9. The highest BCUT2D eigenvalue weighted by molar-refractivity contribution is 5.89. The number of halogens is 1. The molecule has 3 N–H and O–H groups in total. The zero-order valence-corrected chi connectivity index (χ0v) is 20.8. The molecule has 10 heteroatoms. The minimum absolute atomic E-state index is 0.116. The molecule has 0 unspecified atom stereocenters. The summed E-state index contributed by atoms with van der Waals surface area (Å²) in [4.78, 5) is 40.5. The van der Waals surface area contributed by atoms with Gasteiger partial charge in [0.05, 0.1) is 19.1 Å². The molecule has 1 heterocycles. The molecule has 0 aliphatic carbocycles. The summed E-state index contributed by atoms with van der Waals surface area (Å²) in [5.74, 6) is -0.451. The minimum Gasteiger partial charge on any atom is -0.444 e. The van der Waals surface area contributed by atoms with E-state index in [1.54, 1.807) is 62.1 Å². The number of anilines is 1. The molecule has 9 nitrogen and oxygen atoms in total. The van der Waals surface area contributed by atoms with Crippen molar-refractivity contribution in [1.29, 1.82) is 0 Å². The third kappa shape index (κ3) is 7.94. The average molecular weight is 501 g/mol. The number of aliphatic hydroxyl groups is 1. The number of carbonyl (C=O) groups excluding carboxylic acids is 3. The van der Waals surface area contributed by atoms with E-state index in [4.69, 9.17) is 4.74 Å². The van der Waals surface area contributed by atoms with Crippen LogP contribution in [0.5, 0.6) is 0 Å². The third-order valence-corrected chi connectivity index (χ3v) is 5.61. The standard InChI is InChI=1S/C26H33FN4O5/c1-26(2,3)36-25(35)31-13-12-30(16-22(31)17-32)23(33)14-18-6-10-21(11-7-18)29-24(34)28-15-19-4-8-20(27)9-5-19/h4-11,22,32H,12-17H2,1-3H3,(H2,28,29,34)/t22-/m1/s1. The Morgan fingerprint density at radius 3 is 2.28 bits per heavy atom. The molecule has 3 rings (SSSR count). The maximum Gasteiger partial charge on any atom is 0.410 e. The van der Waals surface area contributed by atoms with Crippen molar-refractivity contribution in [2.75, 3.05) is 31.6 Å². The predicted molar refractivity (Wildman–Crippen MR) is 133 cm³/mol. The van der Waals surface area contributed by atoms with Crippen LogP contribution in [0, 0.1) is 5.82 Å². The number of piperazine rings is 1. The number of benzene rings is 2. The first-order valence-electron chi connectivity index (χ1n) is 11.8. The molecular weight excluding hydrogens is 467 g/mol. The van der Waals surface area contributed by atoms with Gasteiger partial charge in [0.2, 0.25) is 5.91 Å². The van der Waals surface area contributed by atoms with E-state index in [1.165, 1.54) is 17.0 Å². The van der Waals surface area contributed by atoms with Gasteiger partial charge in [-0.1, -0.05) is 24.3 Å². The Morgan fingerprint density at radius 2 is 1.67 bits per heavy atom. The lowest BCUT2D eigenvalue weighted by atomic mass is 10.1. The van der Waals surface area contributed by atoms with Crippen molar-refractivity contribution in [2.24, 2.45) is 0 Å². The summed E-state index contributed by atoms with van der Waals surface area (Å²) in [6.45, 7) is 6.17. The van der Waals surface area contributed by atoms with Crippen molar-refractivity contribution in [3.63, 3.8) is 0 Å². The van der Waals surface area contributed by atoms with Gasteiger partial charge in [0.1, 0.15) is 11.4 Å². The lowest BCUT2D eigenvalue weighted by Gasteiger charge is -2.41. The highest BCUT2D eigenvalue weighted by Gasteiger charge is 2.34. The number of hydrogen-bond donors (Lipinski definition) is 3. The monoisotopic (exact) mass is 500 g/mol. The summed E-state index contributed by atoms with van der Waals surface area (Å²) in [5, 5.41) is 15.2. The number of nitrogens with one attached hydrogen (secondary N) is 2. The van der Waals surface area contributed by atoms with Crippen LogP contribution in [0.4, 0.5) is 19.7 Å². The topological polar surface area (TPSA) is 111 Å². The molecule has 194 valence electrons. The number of aliphatic hydroxyl groups excluding tert-OH is 1. The largest absolute Gasteiger partial charge is 0.444 e. The van der Waals surface area contributed by atoms with Crippen LogP contribution < -0.4 is 10.6 Å². The first-order chi connectivity index (χ1) is 17.0. The van der Waals surface area contributed by atoms with Crippen LogP contribution in [0.3, 0.4) is 0 Å². The van der Waals surface area contributed by atoms with Gasteiger partial charge in [0, 0.05) is 31.9 Å². The maximum atomic E-state index is 13.0. The number of hydrogen-bond acceptors (Lipinski definition) is 5. The van der Waals surface area contributed by atoms with Gasteiger partial charge in [-0.2, -0.15) is 0 Å². The second kappa shape index (κ2) is 11.9. The molecule has 0 spiro atoms. The van der Waals surface area contributed by atoms with Gasteiger partial charge < -0.3 is 25.4 Å². The molecule has 4 amide bonds. The van der Waals surface area contributed by atoms with Crippen molar-refractivity contribution >= 4 is 23.7 Å². The molecule has 1 atom stereocenters. The molecule has 1 aliphatic heterocycles. The van der Waals surface area contributed by atoms with Crippen LogP contribution in [0.1, 0.15) is 31.9 Å².